The maximum atomic E-state index is 12.9. The highest BCUT2D eigenvalue weighted by Crippen LogP contribution is 2.27. The first-order valence-corrected chi connectivity index (χ1v) is 7.20. The number of carbonyl (C=O) groups excluding carboxylic acids is 2. The normalized spacial score (nSPS) is 21.4. The Morgan fingerprint density at radius 1 is 1.32 bits per heavy atom. The molecule has 2 rings (SSSR count). The van der Waals surface area contributed by atoms with Crippen LogP contribution in [0, 0.1) is 6.92 Å². The molecule has 0 bridgehead atoms. The molecule has 6 nitrogen and oxygen atoms in total. The van der Waals surface area contributed by atoms with Gasteiger partial charge in [0.25, 0.3) is 5.91 Å². The van der Waals surface area contributed by atoms with Crippen LogP contribution in [0.1, 0.15) is 28.8 Å². The summed E-state index contributed by atoms with van der Waals surface area (Å²) in [7, 11) is 2.78. The van der Waals surface area contributed by atoms with Crippen LogP contribution in [0.4, 0.5) is 0 Å². The second-order valence-electron chi connectivity index (χ2n) is 5.37. The van der Waals surface area contributed by atoms with Crippen molar-refractivity contribution in [2.24, 2.45) is 0 Å². The molecule has 0 aliphatic carbocycles. The van der Waals surface area contributed by atoms with Gasteiger partial charge in [-0.25, -0.2) is 4.79 Å². The number of nitrogens with zero attached hydrogens (tertiary/aromatic N) is 1. The summed E-state index contributed by atoms with van der Waals surface area (Å²) in [5, 5.41) is 9.78. The molecule has 6 heteroatoms. The van der Waals surface area contributed by atoms with Crippen molar-refractivity contribution in [2.75, 3.05) is 20.8 Å². The highest BCUT2D eigenvalue weighted by atomic mass is 16.5. The highest BCUT2D eigenvalue weighted by Gasteiger charge is 2.37. The van der Waals surface area contributed by atoms with E-state index in [0.29, 0.717) is 24.3 Å². The second-order valence-corrected chi connectivity index (χ2v) is 5.37. The molecular formula is C16H21NO5. The van der Waals surface area contributed by atoms with Crippen molar-refractivity contribution in [1.29, 1.82) is 0 Å². The minimum Gasteiger partial charge on any atom is -0.496 e. The average Bonchev–Trinajstić information content (AvgIpc) is 2.53. The minimum absolute atomic E-state index is 0.187. The van der Waals surface area contributed by atoms with E-state index in [-0.39, 0.29) is 12.3 Å². The zero-order valence-corrected chi connectivity index (χ0v) is 13.0. The molecule has 0 radical (unpaired) electrons. The molecule has 0 spiro atoms. The van der Waals surface area contributed by atoms with E-state index < -0.39 is 18.1 Å². The van der Waals surface area contributed by atoms with Crippen molar-refractivity contribution in [3.63, 3.8) is 0 Å². The zero-order valence-electron chi connectivity index (χ0n) is 13.0. The Labute approximate surface area is 129 Å². The molecule has 2 atom stereocenters. The van der Waals surface area contributed by atoms with Gasteiger partial charge in [-0.3, -0.25) is 4.79 Å². The number of aryl methyl sites for hydroxylation is 1. The first-order valence-electron chi connectivity index (χ1n) is 7.20. The third-order valence-electron chi connectivity index (χ3n) is 3.98. The fraction of sp³-hybridized carbons (Fsp3) is 0.500. The number of methoxy groups -OCH3 is 2. The first-order chi connectivity index (χ1) is 10.5. The number of amides is 1. The predicted molar refractivity (Wildman–Crippen MR) is 79.8 cm³/mol. The number of likely N-dealkylation sites (tertiary alicyclic amines) is 1. The van der Waals surface area contributed by atoms with Crippen molar-refractivity contribution in [3.8, 4) is 5.75 Å². The standard InChI is InChI=1S/C16H21NO5/c1-10-5-4-6-13(21-2)14(10)15(19)17-8-7-11(18)9-12(17)16(20)22-3/h4-6,11-12,18H,7-9H2,1-3H3/t11-,12+/m1/s1. The number of rotatable bonds is 3. The van der Waals surface area contributed by atoms with E-state index >= 15 is 0 Å². The molecule has 1 aliphatic heterocycles. The van der Waals surface area contributed by atoms with Gasteiger partial charge in [-0.15, -0.1) is 0 Å². The Hall–Kier alpha value is -2.08. The van der Waals surface area contributed by atoms with Gasteiger partial charge in [-0.05, 0) is 25.0 Å². The van der Waals surface area contributed by atoms with Gasteiger partial charge in [0.05, 0.1) is 25.9 Å². The maximum Gasteiger partial charge on any atom is 0.328 e. The van der Waals surface area contributed by atoms with E-state index in [1.54, 1.807) is 6.07 Å². The number of hydrogen-bond donors (Lipinski definition) is 1. The monoisotopic (exact) mass is 307 g/mol. The van der Waals surface area contributed by atoms with Gasteiger partial charge in [0, 0.05) is 13.0 Å². The summed E-state index contributed by atoms with van der Waals surface area (Å²) < 4.78 is 10.0. The summed E-state index contributed by atoms with van der Waals surface area (Å²) in [5.41, 5.74) is 1.22. The van der Waals surface area contributed by atoms with Crippen LogP contribution in [-0.4, -0.2) is 54.8 Å². The van der Waals surface area contributed by atoms with Crippen LogP contribution in [0.15, 0.2) is 18.2 Å². The minimum atomic E-state index is -0.773. The lowest BCUT2D eigenvalue weighted by molar-refractivity contribution is -0.148. The molecule has 120 valence electrons. The Morgan fingerprint density at radius 3 is 2.68 bits per heavy atom. The van der Waals surface area contributed by atoms with Crippen LogP contribution in [0.25, 0.3) is 0 Å². The number of hydrogen-bond acceptors (Lipinski definition) is 5. The molecule has 0 aromatic heterocycles. The van der Waals surface area contributed by atoms with Gasteiger partial charge >= 0.3 is 5.97 Å². The Kier molecular flexibility index (Phi) is 5.03. The summed E-state index contributed by atoms with van der Waals surface area (Å²) in [6, 6.07) is 4.57. The van der Waals surface area contributed by atoms with Crippen molar-refractivity contribution in [1.82, 2.24) is 4.90 Å². The maximum absolute atomic E-state index is 12.9. The van der Waals surface area contributed by atoms with Crippen LogP contribution < -0.4 is 4.74 Å². The highest BCUT2D eigenvalue weighted by molar-refractivity contribution is 6.00. The van der Waals surface area contributed by atoms with Gasteiger partial charge in [-0.2, -0.15) is 0 Å². The summed E-state index contributed by atoms with van der Waals surface area (Å²) in [6.45, 7) is 2.12. The van der Waals surface area contributed by atoms with E-state index in [4.69, 9.17) is 9.47 Å². The molecule has 1 fully saturated rings. The molecule has 0 saturated carbocycles. The molecular weight excluding hydrogens is 286 g/mol. The molecule has 1 N–H and O–H groups in total. The number of benzene rings is 1. The Balaban J connectivity index is 2.36. The number of esters is 1. The van der Waals surface area contributed by atoms with Crippen LogP contribution in [0.2, 0.25) is 0 Å². The quantitative estimate of drug-likeness (QED) is 0.848. The third kappa shape index (κ3) is 3.06. The van der Waals surface area contributed by atoms with Gasteiger partial charge in [0.2, 0.25) is 0 Å². The van der Waals surface area contributed by atoms with Crippen molar-refractivity contribution >= 4 is 11.9 Å². The van der Waals surface area contributed by atoms with E-state index in [1.165, 1.54) is 19.1 Å². The lowest BCUT2D eigenvalue weighted by atomic mass is 9.97. The topological polar surface area (TPSA) is 76.1 Å². The molecule has 1 saturated heterocycles. The van der Waals surface area contributed by atoms with Crippen molar-refractivity contribution in [2.45, 2.75) is 31.9 Å². The summed E-state index contributed by atoms with van der Waals surface area (Å²) in [5.74, 6) is -0.323. The lowest BCUT2D eigenvalue weighted by Gasteiger charge is -2.36. The molecule has 0 unspecified atom stereocenters. The van der Waals surface area contributed by atoms with E-state index in [0.717, 1.165) is 5.56 Å². The lowest BCUT2D eigenvalue weighted by Crippen LogP contribution is -2.52. The summed E-state index contributed by atoms with van der Waals surface area (Å²) in [6.07, 6.45) is 0.0203. The third-order valence-corrected chi connectivity index (χ3v) is 3.98. The van der Waals surface area contributed by atoms with Crippen LogP contribution in [-0.2, 0) is 9.53 Å². The fourth-order valence-electron chi connectivity index (χ4n) is 2.78. The smallest absolute Gasteiger partial charge is 0.328 e. The molecule has 1 aliphatic rings. The molecule has 1 amide bonds. The van der Waals surface area contributed by atoms with E-state index in [2.05, 4.69) is 0 Å². The molecule has 1 aromatic carbocycles. The summed E-state index contributed by atoms with van der Waals surface area (Å²) in [4.78, 5) is 26.3. The van der Waals surface area contributed by atoms with Crippen LogP contribution in [0.3, 0.4) is 0 Å². The van der Waals surface area contributed by atoms with Gasteiger partial charge in [0.1, 0.15) is 11.8 Å². The Bertz CT molecular complexity index is 572. The second kappa shape index (κ2) is 6.79. The van der Waals surface area contributed by atoms with Gasteiger partial charge < -0.3 is 19.5 Å². The first kappa shape index (κ1) is 16.3. The fourth-order valence-corrected chi connectivity index (χ4v) is 2.78. The van der Waals surface area contributed by atoms with Crippen LogP contribution in [0.5, 0.6) is 5.75 Å². The number of carbonyl (C=O) groups is 2. The number of piperidine rings is 1. The molecule has 1 aromatic rings. The SMILES string of the molecule is COC(=O)[C@@H]1C[C@H](O)CCN1C(=O)c1c(C)cccc1OC. The zero-order chi connectivity index (χ0) is 16.3. The number of ether oxygens (including phenoxy) is 2. The predicted octanol–water partition coefficient (Wildman–Crippen LogP) is 1.14. The number of aliphatic hydroxyl groups is 1. The number of aliphatic hydroxyl groups excluding tert-OH is 1. The Morgan fingerprint density at radius 2 is 2.05 bits per heavy atom. The van der Waals surface area contributed by atoms with Crippen molar-refractivity contribution in [3.05, 3.63) is 29.3 Å². The van der Waals surface area contributed by atoms with Crippen LogP contribution >= 0.6 is 0 Å². The van der Waals surface area contributed by atoms with E-state index in [9.17, 15) is 14.7 Å². The summed E-state index contributed by atoms with van der Waals surface area (Å²) >= 11 is 0. The molecule has 22 heavy (non-hydrogen) atoms. The van der Waals surface area contributed by atoms with Crippen molar-refractivity contribution < 1.29 is 24.2 Å². The average molecular weight is 307 g/mol. The van der Waals surface area contributed by atoms with Gasteiger partial charge in [-0.1, -0.05) is 12.1 Å². The van der Waals surface area contributed by atoms with Gasteiger partial charge in [0.15, 0.2) is 0 Å². The largest absolute Gasteiger partial charge is 0.496 e. The molecule has 1 heterocycles. The van der Waals surface area contributed by atoms with E-state index in [1.807, 2.05) is 19.1 Å².